The van der Waals surface area contributed by atoms with Crippen LogP contribution in [0.15, 0.2) is 24.3 Å². The van der Waals surface area contributed by atoms with Gasteiger partial charge >= 0.3 is 5.97 Å². The van der Waals surface area contributed by atoms with Gasteiger partial charge in [-0.1, -0.05) is 12.1 Å². The van der Waals surface area contributed by atoms with E-state index in [9.17, 15) is 9.59 Å². The lowest BCUT2D eigenvalue weighted by Crippen LogP contribution is -2.28. The first-order chi connectivity index (χ1) is 10.6. The monoisotopic (exact) mass is 307 g/mol. The third-order valence-electron chi connectivity index (χ3n) is 3.45. The lowest BCUT2D eigenvalue weighted by Gasteiger charge is -2.07. The number of carboxylic acid groups (broad SMARTS) is 1. The van der Waals surface area contributed by atoms with E-state index < -0.39 is 5.97 Å². The molecule has 120 valence electrons. The van der Waals surface area contributed by atoms with Gasteiger partial charge in [0.1, 0.15) is 5.75 Å². The van der Waals surface area contributed by atoms with Crippen LogP contribution in [-0.4, -0.2) is 42.8 Å². The average Bonchev–Trinajstić information content (AvgIpc) is 3.26. The van der Waals surface area contributed by atoms with E-state index in [4.69, 9.17) is 14.6 Å². The molecule has 0 radical (unpaired) electrons. The zero-order chi connectivity index (χ0) is 15.9. The van der Waals surface area contributed by atoms with Gasteiger partial charge < -0.3 is 19.9 Å². The Hall–Kier alpha value is -2.08. The number of aliphatic carboxylic acids is 1. The second-order valence-electron chi connectivity index (χ2n) is 5.20. The third kappa shape index (κ3) is 5.04. The second-order valence-corrected chi connectivity index (χ2v) is 5.20. The average molecular weight is 307 g/mol. The molecule has 1 fully saturated rings. The van der Waals surface area contributed by atoms with Crippen LogP contribution < -0.4 is 10.1 Å². The molecule has 1 amide bonds. The van der Waals surface area contributed by atoms with Crippen molar-refractivity contribution < 1.29 is 24.2 Å². The van der Waals surface area contributed by atoms with Crippen LogP contribution in [0, 0.1) is 5.92 Å². The van der Waals surface area contributed by atoms with Gasteiger partial charge in [-0.05, 0) is 37.5 Å². The van der Waals surface area contributed by atoms with Gasteiger partial charge in [-0.2, -0.15) is 0 Å². The molecule has 0 bridgehead atoms. The molecule has 2 atom stereocenters. The van der Waals surface area contributed by atoms with Crippen molar-refractivity contribution in [1.29, 1.82) is 0 Å². The number of benzene rings is 1. The van der Waals surface area contributed by atoms with Gasteiger partial charge in [-0.3, -0.25) is 4.79 Å². The van der Waals surface area contributed by atoms with Crippen LogP contribution in [-0.2, 0) is 20.7 Å². The van der Waals surface area contributed by atoms with Gasteiger partial charge in [0.15, 0.2) is 6.61 Å². The highest BCUT2D eigenvalue weighted by molar-refractivity contribution is 5.82. The molecule has 6 nitrogen and oxygen atoms in total. The molecular formula is C16H21NO5. The first-order valence-electron chi connectivity index (χ1n) is 7.43. The van der Waals surface area contributed by atoms with E-state index in [0.717, 1.165) is 18.4 Å². The zero-order valence-corrected chi connectivity index (χ0v) is 12.6. The van der Waals surface area contributed by atoms with Crippen molar-refractivity contribution in [2.75, 3.05) is 19.8 Å². The Bertz CT molecular complexity index is 514. The summed E-state index contributed by atoms with van der Waals surface area (Å²) in [6.45, 7) is 2.79. The van der Waals surface area contributed by atoms with Gasteiger partial charge in [0.05, 0.1) is 12.0 Å². The number of ether oxygens (including phenoxy) is 2. The largest absolute Gasteiger partial charge is 0.482 e. The van der Waals surface area contributed by atoms with Crippen molar-refractivity contribution in [3.8, 4) is 5.75 Å². The summed E-state index contributed by atoms with van der Waals surface area (Å²) < 4.78 is 10.4. The van der Waals surface area contributed by atoms with Crippen LogP contribution in [0.4, 0.5) is 0 Å². The molecule has 2 rings (SSSR count). The fourth-order valence-electron chi connectivity index (χ4n) is 2.20. The number of carboxylic acids is 1. The summed E-state index contributed by atoms with van der Waals surface area (Å²) in [6, 6.07) is 7.19. The molecule has 1 aromatic carbocycles. The maximum Gasteiger partial charge on any atom is 0.341 e. The smallest absolute Gasteiger partial charge is 0.341 e. The Morgan fingerprint density at radius 1 is 1.32 bits per heavy atom. The highest BCUT2D eigenvalue weighted by Gasteiger charge is 2.43. The van der Waals surface area contributed by atoms with Gasteiger partial charge in [-0.15, -0.1) is 0 Å². The number of carbonyl (C=O) groups is 2. The Balaban J connectivity index is 1.67. The van der Waals surface area contributed by atoms with Crippen LogP contribution in [0.2, 0.25) is 0 Å². The molecule has 0 saturated heterocycles. The quantitative estimate of drug-likeness (QED) is 0.717. The van der Waals surface area contributed by atoms with Crippen molar-refractivity contribution in [3.63, 3.8) is 0 Å². The van der Waals surface area contributed by atoms with Gasteiger partial charge in [-0.25, -0.2) is 4.79 Å². The molecule has 1 saturated carbocycles. The zero-order valence-electron chi connectivity index (χ0n) is 12.6. The van der Waals surface area contributed by atoms with Crippen LogP contribution >= 0.6 is 0 Å². The van der Waals surface area contributed by atoms with E-state index in [-0.39, 0.29) is 24.5 Å². The molecule has 6 heteroatoms. The topological polar surface area (TPSA) is 84.9 Å². The third-order valence-corrected chi connectivity index (χ3v) is 3.45. The van der Waals surface area contributed by atoms with Gasteiger partial charge in [0.25, 0.3) is 0 Å². The maximum atomic E-state index is 11.8. The Labute approximate surface area is 129 Å². The van der Waals surface area contributed by atoms with Crippen LogP contribution in [0.25, 0.3) is 0 Å². The highest BCUT2D eigenvalue weighted by Crippen LogP contribution is 2.33. The normalized spacial score (nSPS) is 19.5. The lowest BCUT2D eigenvalue weighted by molar-refractivity contribution is -0.139. The molecule has 0 aliphatic heterocycles. The molecule has 2 N–H and O–H groups in total. The predicted molar refractivity (Wildman–Crippen MR) is 79.8 cm³/mol. The summed E-state index contributed by atoms with van der Waals surface area (Å²) in [5.74, 6) is -0.420. The summed E-state index contributed by atoms with van der Waals surface area (Å²) in [4.78, 5) is 22.2. The summed E-state index contributed by atoms with van der Waals surface area (Å²) in [6.07, 6.45) is 1.63. The first kappa shape index (κ1) is 16.3. The molecule has 1 aliphatic carbocycles. The van der Waals surface area contributed by atoms with Crippen LogP contribution in [0.5, 0.6) is 5.75 Å². The van der Waals surface area contributed by atoms with E-state index in [2.05, 4.69) is 5.32 Å². The highest BCUT2D eigenvalue weighted by atomic mass is 16.5. The fourth-order valence-corrected chi connectivity index (χ4v) is 2.20. The van der Waals surface area contributed by atoms with Crippen molar-refractivity contribution in [2.24, 2.45) is 5.92 Å². The fraction of sp³-hybridized carbons (Fsp3) is 0.500. The van der Waals surface area contributed by atoms with Gasteiger partial charge in [0.2, 0.25) is 5.91 Å². The van der Waals surface area contributed by atoms with Crippen molar-refractivity contribution in [2.45, 2.75) is 25.9 Å². The van der Waals surface area contributed by atoms with Gasteiger partial charge in [0, 0.05) is 13.2 Å². The predicted octanol–water partition coefficient (Wildman–Crippen LogP) is 1.23. The number of nitrogens with one attached hydrogen (secondary N) is 1. The second kappa shape index (κ2) is 7.79. The van der Waals surface area contributed by atoms with E-state index in [1.807, 2.05) is 19.1 Å². The van der Waals surface area contributed by atoms with E-state index >= 15 is 0 Å². The minimum Gasteiger partial charge on any atom is -0.482 e. The molecule has 1 aliphatic rings. The number of hydrogen-bond acceptors (Lipinski definition) is 4. The molecule has 0 unspecified atom stereocenters. The van der Waals surface area contributed by atoms with Crippen molar-refractivity contribution >= 4 is 11.9 Å². The number of rotatable bonds is 9. The summed E-state index contributed by atoms with van der Waals surface area (Å²) in [5, 5.41) is 11.4. The Kier molecular flexibility index (Phi) is 5.77. The number of carbonyl (C=O) groups excluding carboxylic acids is 1. The SMILES string of the molecule is CCO[C@H]1C[C@@H]1C(=O)NCCc1ccc(OCC(=O)O)cc1. The summed E-state index contributed by atoms with van der Waals surface area (Å²) in [7, 11) is 0. The number of hydrogen-bond donors (Lipinski definition) is 2. The van der Waals surface area contributed by atoms with Crippen molar-refractivity contribution in [3.05, 3.63) is 29.8 Å². The minimum atomic E-state index is -1.00. The lowest BCUT2D eigenvalue weighted by atomic mass is 10.1. The summed E-state index contributed by atoms with van der Waals surface area (Å²) in [5.41, 5.74) is 1.06. The Morgan fingerprint density at radius 2 is 2.05 bits per heavy atom. The molecule has 0 spiro atoms. The maximum absolute atomic E-state index is 11.8. The molecular weight excluding hydrogens is 286 g/mol. The number of amides is 1. The van der Waals surface area contributed by atoms with Crippen LogP contribution in [0.1, 0.15) is 18.9 Å². The molecule has 22 heavy (non-hydrogen) atoms. The molecule has 0 heterocycles. The van der Waals surface area contributed by atoms with E-state index in [1.165, 1.54) is 0 Å². The minimum absolute atomic E-state index is 0.00625. The Morgan fingerprint density at radius 3 is 2.68 bits per heavy atom. The standard InChI is InChI=1S/C16H21NO5/c1-2-21-14-9-13(14)16(20)17-8-7-11-3-5-12(6-4-11)22-10-15(18)19/h3-6,13-14H,2,7-10H2,1H3,(H,17,20)(H,18,19)/t13-,14-/m0/s1. The summed E-state index contributed by atoms with van der Waals surface area (Å²) >= 11 is 0. The first-order valence-corrected chi connectivity index (χ1v) is 7.43. The van der Waals surface area contributed by atoms with E-state index in [0.29, 0.717) is 18.9 Å². The molecule has 0 aromatic heterocycles. The van der Waals surface area contributed by atoms with E-state index in [1.54, 1.807) is 12.1 Å². The van der Waals surface area contributed by atoms with Crippen LogP contribution in [0.3, 0.4) is 0 Å². The van der Waals surface area contributed by atoms with Crippen molar-refractivity contribution in [1.82, 2.24) is 5.32 Å². The molecule has 1 aromatic rings.